The zero-order valence-corrected chi connectivity index (χ0v) is 8.03. The van der Waals surface area contributed by atoms with E-state index in [1.54, 1.807) is 0 Å². The van der Waals surface area contributed by atoms with Crippen molar-refractivity contribution in [2.75, 3.05) is 0 Å². The highest BCUT2D eigenvalue weighted by Gasteiger charge is 2.33. The van der Waals surface area contributed by atoms with Crippen molar-refractivity contribution in [3.63, 3.8) is 0 Å². The first-order valence-electron chi connectivity index (χ1n) is 4.83. The van der Waals surface area contributed by atoms with Gasteiger partial charge in [0.25, 0.3) is 0 Å². The van der Waals surface area contributed by atoms with Crippen molar-refractivity contribution in [3.05, 3.63) is 0 Å². The molecule has 0 saturated heterocycles. The lowest BCUT2D eigenvalue weighted by molar-refractivity contribution is -0.137. The number of carbonyl (C=O) groups is 2. The molecule has 76 valence electrons. The summed E-state index contributed by atoms with van der Waals surface area (Å²) in [5.41, 5.74) is 0. The smallest absolute Gasteiger partial charge is 0.303 e. The summed E-state index contributed by atoms with van der Waals surface area (Å²) in [7, 11) is 0. The van der Waals surface area contributed by atoms with Crippen LogP contribution in [0.15, 0.2) is 0 Å². The van der Waals surface area contributed by atoms with E-state index in [4.69, 9.17) is 11.5 Å². The molecule has 1 fully saturated rings. The standard InChI is InChI=1S/C11H14O3/c1-2-3-9-8(4-6-10(9)12)5-7-11(13)14/h1,8-9H,3-7H2,(H,13,14)/t8-,9-/m0/s1. The molecular formula is C11H14O3. The van der Waals surface area contributed by atoms with Crippen molar-refractivity contribution >= 4 is 11.8 Å². The molecule has 0 heterocycles. The molecule has 0 bridgehead atoms. The van der Waals surface area contributed by atoms with E-state index < -0.39 is 5.97 Å². The first-order valence-corrected chi connectivity index (χ1v) is 4.83. The van der Waals surface area contributed by atoms with Crippen LogP contribution < -0.4 is 0 Å². The van der Waals surface area contributed by atoms with E-state index >= 15 is 0 Å². The Morgan fingerprint density at radius 2 is 2.36 bits per heavy atom. The van der Waals surface area contributed by atoms with Crippen LogP contribution in [0, 0.1) is 24.2 Å². The van der Waals surface area contributed by atoms with Crippen LogP contribution in [0.25, 0.3) is 0 Å². The van der Waals surface area contributed by atoms with Gasteiger partial charge in [0.2, 0.25) is 0 Å². The largest absolute Gasteiger partial charge is 0.481 e. The number of terminal acetylenes is 1. The zero-order valence-electron chi connectivity index (χ0n) is 8.03. The lowest BCUT2D eigenvalue weighted by atomic mass is 9.89. The van der Waals surface area contributed by atoms with Gasteiger partial charge in [-0.3, -0.25) is 9.59 Å². The monoisotopic (exact) mass is 194 g/mol. The van der Waals surface area contributed by atoms with Crippen LogP contribution in [0.5, 0.6) is 0 Å². The first kappa shape index (κ1) is 10.8. The van der Waals surface area contributed by atoms with Crippen molar-refractivity contribution in [2.24, 2.45) is 11.8 Å². The summed E-state index contributed by atoms with van der Waals surface area (Å²) < 4.78 is 0. The fourth-order valence-electron chi connectivity index (χ4n) is 2.04. The predicted molar refractivity (Wildman–Crippen MR) is 51.5 cm³/mol. The van der Waals surface area contributed by atoms with Gasteiger partial charge in [0.1, 0.15) is 5.78 Å². The molecule has 0 aliphatic heterocycles. The molecule has 2 atom stereocenters. The molecule has 0 aromatic carbocycles. The normalized spacial score (nSPS) is 26.1. The number of hydrogen-bond acceptors (Lipinski definition) is 2. The van der Waals surface area contributed by atoms with Gasteiger partial charge < -0.3 is 5.11 Å². The third-order valence-corrected chi connectivity index (χ3v) is 2.81. The average molecular weight is 194 g/mol. The number of carboxylic acid groups (broad SMARTS) is 1. The number of carboxylic acids is 1. The summed E-state index contributed by atoms with van der Waals surface area (Å²) >= 11 is 0. The summed E-state index contributed by atoms with van der Waals surface area (Å²) in [4.78, 5) is 21.8. The molecule has 0 unspecified atom stereocenters. The van der Waals surface area contributed by atoms with Gasteiger partial charge in [0.15, 0.2) is 0 Å². The van der Waals surface area contributed by atoms with E-state index in [-0.39, 0.29) is 24.0 Å². The molecule has 0 aromatic heterocycles. The molecule has 3 heteroatoms. The van der Waals surface area contributed by atoms with Crippen molar-refractivity contribution in [2.45, 2.75) is 32.1 Å². The maximum absolute atomic E-state index is 11.4. The van der Waals surface area contributed by atoms with Crippen molar-refractivity contribution in [1.82, 2.24) is 0 Å². The maximum Gasteiger partial charge on any atom is 0.303 e. The van der Waals surface area contributed by atoms with Crippen LogP contribution in [-0.2, 0) is 9.59 Å². The lowest BCUT2D eigenvalue weighted by Crippen LogP contribution is -2.15. The van der Waals surface area contributed by atoms with E-state index in [0.717, 1.165) is 6.42 Å². The van der Waals surface area contributed by atoms with Gasteiger partial charge >= 0.3 is 5.97 Å². The van der Waals surface area contributed by atoms with Gasteiger partial charge in [-0.15, -0.1) is 12.3 Å². The van der Waals surface area contributed by atoms with Gasteiger partial charge in [0.05, 0.1) is 0 Å². The van der Waals surface area contributed by atoms with Crippen LogP contribution in [-0.4, -0.2) is 16.9 Å². The Morgan fingerprint density at radius 1 is 1.64 bits per heavy atom. The molecule has 0 aromatic rings. The van der Waals surface area contributed by atoms with Crippen molar-refractivity contribution in [3.8, 4) is 12.3 Å². The van der Waals surface area contributed by atoms with E-state index in [1.165, 1.54) is 0 Å². The summed E-state index contributed by atoms with van der Waals surface area (Å²) in [6.45, 7) is 0. The minimum Gasteiger partial charge on any atom is -0.481 e. The molecule has 1 N–H and O–H groups in total. The van der Waals surface area contributed by atoms with Crippen LogP contribution >= 0.6 is 0 Å². The van der Waals surface area contributed by atoms with E-state index in [1.807, 2.05) is 0 Å². The topological polar surface area (TPSA) is 54.4 Å². The highest BCUT2D eigenvalue weighted by atomic mass is 16.4. The number of carbonyl (C=O) groups excluding carboxylic acids is 1. The summed E-state index contributed by atoms with van der Waals surface area (Å²) in [5.74, 6) is 2.00. The summed E-state index contributed by atoms with van der Waals surface area (Å²) in [6, 6.07) is 0. The van der Waals surface area contributed by atoms with E-state index in [0.29, 0.717) is 19.3 Å². The second-order valence-corrected chi connectivity index (χ2v) is 3.71. The van der Waals surface area contributed by atoms with Gasteiger partial charge in [0, 0.05) is 25.2 Å². The number of hydrogen-bond donors (Lipinski definition) is 1. The second-order valence-electron chi connectivity index (χ2n) is 3.71. The molecule has 0 spiro atoms. The number of rotatable bonds is 4. The molecule has 1 rings (SSSR count). The highest BCUT2D eigenvalue weighted by Crippen LogP contribution is 2.34. The average Bonchev–Trinajstić information content (AvgIpc) is 2.46. The second kappa shape index (κ2) is 4.80. The minimum atomic E-state index is -0.802. The molecule has 1 aliphatic rings. The van der Waals surface area contributed by atoms with E-state index in [9.17, 15) is 9.59 Å². The molecule has 1 saturated carbocycles. The Balaban J connectivity index is 2.48. The third kappa shape index (κ3) is 2.59. The Bertz CT molecular complexity index is 275. The van der Waals surface area contributed by atoms with Crippen LogP contribution in [0.4, 0.5) is 0 Å². The summed E-state index contributed by atoms with van der Waals surface area (Å²) in [5, 5.41) is 8.53. The van der Waals surface area contributed by atoms with Gasteiger partial charge in [-0.1, -0.05) is 0 Å². The molecular weight excluding hydrogens is 180 g/mol. The summed E-state index contributed by atoms with van der Waals surface area (Å²) in [6.07, 6.45) is 7.72. The van der Waals surface area contributed by atoms with E-state index in [2.05, 4.69) is 5.92 Å². The Kier molecular flexibility index (Phi) is 3.70. The third-order valence-electron chi connectivity index (χ3n) is 2.81. The molecule has 14 heavy (non-hydrogen) atoms. The van der Waals surface area contributed by atoms with Crippen molar-refractivity contribution < 1.29 is 14.7 Å². The number of ketones is 1. The Morgan fingerprint density at radius 3 is 2.93 bits per heavy atom. The van der Waals surface area contributed by atoms with Gasteiger partial charge in [-0.2, -0.15) is 0 Å². The van der Waals surface area contributed by atoms with Crippen LogP contribution in [0.3, 0.4) is 0 Å². The molecule has 1 aliphatic carbocycles. The molecule has 0 amide bonds. The van der Waals surface area contributed by atoms with Gasteiger partial charge in [-0.25, -0.2) is 0 Å². The fraction of sp³-hybridized carbons (Fsp3) is 0.636. The Labute approximate surface area is 83.5 Å². The predicted octanol–water partition coefficient (Wildman–Crippen LogP) is 1.47. The van der Waals surface area contributed by atoms with Crippen LogP contribution in [0.1, 0.15) is 32.1 Å². The lowest BCUT2D eigenvalue weighted by Gasteiger charge is -2.14. The van der Waals surface area contributed by atoms with Gasteiger partial charge in [-0.05, 0) is 18.8 Å². The minimum absolute atomic E-state index is 0.0839. The maximum atomic E-state index is 11.4. The Hall–Kier alpha value is -1.30. The fourth-order valence-corrected chi connectivity index (χ4v) is 2.04. The molecule has 0 radical (unpaired) electrons. The molecule has 3 nitrogen and oxygen atoms in total. The number of aliphatic carboxylic acids is 1. The van der Waals surface area contributed by atoms with Crippen LogP contribution in [0.2, 0.25) is 0 Å². The SMILES string of the molecule is C#CC[C@@H]1C(=O)CC[C@H]1CCC(=O)O. The zero-order chi connectivity index (χ0) is 10.6. The first-order chi connectivity index (χ1) is 6.65. The van der Waals surface area contributed by atoms with Crippen molar-refractivity contribution in [1.29, 1.82) is 0 Å². The quantitative estimate of drug-likeness (QED) is 0.689. The number of Topliss-reactive ketones (excluding diaryl/α,β-unsaturated/α-hetero) is 1. The highest BCUT2D eigenvalue weighted by molar-refractivity contribution is 5.83.